The molecule has 1 atom stereocenters. The number of hydrogen-bond acceptors (Lipinski definition) is 5. The van der Waals surface area contributed by atoms with Crippen LogP contribution in [0.15, 0.2) is 54.6 Å². The number of carbonyl (C=O) groups is 3. The predicted molar refractivity (Wildman–Crippen MR) is 133 cm³/mol. The lowest BCUT2D eigenvalue weighted by molar-refractivity contribution is -0.139. The van der Waals surface area contributed by atoms with E-state index in [0.29, 0.717) is 12.0 Å². The zero-order chi connectivity index (χ0) is 25.5. The van der Waals surface area contributed by atoms with Gasteiger partial charge >= 0.3 is 0 Å². The van der Waals surface area contributed by atoms with Crippen molar-refractivity contribution in [2.75, 3.05) is 23.7 Å². The minimum Gasteiger partial charge on any atom is -0.352 e. The highest BCUT2D eigenvalue weighted by molar-refractivity contribution is 7.92. The van der Waals surface area contributed by atoms with Crippen LogP contribution in [0.1, 0.15) is 43.6 Å². The lowest BCUT2D eigenvalue weighted by Gasteiger charge is -2.32. The Kier molecular flexibility index (Phi) is 9.37. The Hall–Kier alpha value is -3.20. The molecule has 0 spiro atoms. The van der Waals surface area contributed by atoms with Gasteiger partial charge in [0.05, 0.1) is 11.9 Å². The number of amides is 2. The second kappa shape index (κ2) is 11.8. The van der Waals surface area contributed by atoms with E-state index < -0.39 is 28.5 Å². The molecule has 1 N–H and O–H groups in total. The Labute approximate surface area is 202 Å². The van der Waals surface area contributed by atoms with E-state index in [1.165, 1.54) is 24.0 Å². The van der Waals surface area contributed by atoms with Gasteiger partial charge in [-0.25, -0.2) is 8.42 Å². The number of nitrogens with zero attached hydrogens (tertiary/aromatic N) is 2. The largest absolute Gasteiger partial charge is 0.352 e. The van der Waals surface area contributed by atoms with Crippen LogP contribution in [0, 0.1) is 0 Å². The van der Waals surface area contributed by atoms with Crippen LogP contribution < -0.4 is 9.62 Å². The second-order valence-corrected chi connectivity index (χ2v) is 10.4. The quantitative estimate of drug-likeness (QED) is 0.491. The molecule has 0 radical (unpaired) electrons. The smallest absolute Gasteiger partial charge is 0.244 e. The molecule has 0 saturated carbocycles. The topological polar surface area (TPSA) is 104 Å². The SMILES string of the molecule is CC(=O)c1cccc(N(CC(=O)N(CCc2ccccc2)[C@H](C)C(=O)NC(C)C)S(C)(=O)=O)c1. The van der Waals surface area contributed by atoms with Crippen LogP contribution in [-0.2, 0) is 26.0 Å². The fourth-order valence-electron chi connectivity index (χ4n) is 3.47. The van der Waals surface area contributed by atoms with Gasteiger partial charge in [0.15, 0.2) is 5.78 Å². The number of rotatable bonds is 11. The first-order chi connectivity index (χ1) is 15.9. The molecule has 0 bridgehead atoms. The first-order valence-electron chi connectivity index (χ1n) is 11.1. The molecular formula is C25H33N3O5S. The van der Waals surface area contributed by atoms with Crippen LogP contribution >= 0.6 is 0 Å². The number of benzene rings is 2. The maximum Gasteiger partial charge on any atom is 0.244 e. The average Bonchev–Trinajstić information content (AvgIpc) is 2.77. The summed E-state index contributed by atoms with van der Waals surface area (Å²) in [4.78, 5) is 39.3. The van der Waals surface area contributed by atoms with Crippen molar-refractivity contribution in [2.45, 2.75) is 46.2 Å². The Bertz CT molecular complexity index is 1120. The molecule has 2 aromatic rings. The number of Topliss-reactive ketones (excluding diaryl/α,β-unsaturated/α-hetero) is 1. The normalized spacial score (nSPS) is 12.2. The molecule has 0 heterocycles. The van der Waals surface area contributed by atoms with Gasteiger partial charge in [0.2, 0.25) is 21.8 Å². The molecule has 0 aliphatic heterocycles. The Morgan fingerprint density at radius 2 is 1.62 bits per heavy atom. The van der Waals surface area contributed by atoms with Crippen LogP contribution in [-0.4, -0.2) is 62.3 Å². The van der Waals surface area contributed by atoms with E-state index in [4.69, 9.17) is 0 Å². The molecular weight excluding hydrogens is 454 g/mol. The Morgan fingerprint density at radius 3 is 2.18 bits per heavy atom. The zero-order valence-corrected chi connectivity index (χ0v) is 21.1. The summed E-state index contributed by atoms with van der Waals surface area (Å²) in [5.74, 6) is -1.05. The number of nitrogens with one attached hydrogen (secondary N) is 1. The van der Waals surface area contributed by atoms with Gasteiger partial charge in [-0.2, -0.15) is 0 Å². The molecule has 2 rings (SSSR count). The van der Waals surface area contributed by atoms with Gasteiger partial charge in [-0.1, -0.05) is 42.5 Å². The van der Waals surface area contributed by atoms with Gasteiger partial charge in [-0.3, -0.25) is 18.7 Å². The molecule has 0 saturated heterocycles. The highest BCUT2D eigenvalue weighted by atomic mass is 32.2. The minimum atomic E-state index is -3.85. The van der Waals surface area contributed by atoms with Crippen molar-refractivity contribution in [2.24, 2.45) is 0 Å². The molecule has 9 heteroatoms. The van der Waals surface area contributed by atoms with E-state index in [1.54, 1.807) is 19.1 Å². The van der Waals surface area contributed by atoms with Crippen molar-refractivity contribution in [3.8, 4) is 0 Å². The first-order valence-corrected chi connectivity index (χ1v) is 13.0. The zero-order valence-electron chi connectivity index (χ0n) is 20.3. The summed E-state index contributed by atoms with van der Waals surface area (Å²) < 4.78 is 26.1. The summed E-state index contributed by atoms with van der Waals surface area (Å²) in [6.45, 7) is 6.41. The van der Waals surface area contributed by atoms with E-state index in [1.807, 2.05) is 44.2 Å². The van der Waals surface area contributed by atoms with Crippen LogP contribution in [0.3, 0.4) is 0 Å². The highest BCUT2D eigenvalue weighted by Crippen LogP contribution is 2.20. The Morgan fingerprint density at radius 1 is 0.971 bits per heavy atom. The van der Waals surface area contributed by atoms with E-state index in [9.17, 15) is 22.8 Å². The van der Waals surface area contributed by atoms with Crippen LogP contribution in [0.25, 0.3) is 0 Å². The molecule has 0 aromatic heterocycles. The molecule has 0 fully saturated rings. The molecule has 2 amide bonds. The number of sulfonamides is 1. The first kappa shape index (κ1) is 27.0. The lowest BCUT2D eigenvalue weighted by atomic mass is 10.1. The summed E-state index contributed by atoms with van der Waals surface area (Å²) in [5.41, 5.74) is 1.54. The Balaban J connectivity index is 2.35. The van der Waals surface area contributed by atoms with Gasteiger partial charge in [-0.15, -0.1) is 0 Å². The fraction of sp³-hybridized carbons (Fsp3) is 0.400. The molecule has 2 aromatic carbocycles. The van der Waals surface area contributed by atoms with Gasteiger partial charge < -0.3 is 10.2 Å². The number of carbonyl (C=O) groups excluding carboxylic acids is 3. The predicted octanol–water partition coefficient (Wildman–Crippen LogP) is 2.64. The van der Waals surface area contributed by atoms with Gasteiger partial charge in [-0.05, 0) is 51.8 Å². The maximum atomic E-state index is 13.4. The third kappa shape index (κ3) is 7.69. The number of ketones is 1. The van der Waals surface area contributed by atoms with Gasteiger partial charge in [0.1, 0.15) is 12.6 Å². The summed E-state index contributed by atoms with van der Waals surface area (Å²) >= 11 is 0. The van der Waals surface area contributed by atoms with E-state index >= 15 is 0 Å². The minimum absolute atomic E-state index is 0.108. The highest BCUT2D eigenvalue weighted by Gasteiger charge is 2.30. The lowest BCUT2D eigenvalue weighted by Crippen LogP contribution is -2.53. The molecule has 0 aliphatic rings. The van der Waals surface area contributed by atoms with Gasteiger partial charge in [0.25, 0.3) is 0 Å². The van der Waals surface area contributed by atoms with Crippen molar-refractivity contribution >= 4 is 33.3 Å². The molecule has 0 aliphatic carbocycles. The maximum absolute atomic E-state index is 13.4. The van der Waals surface area contributed by atoms with E-state index in [-0.39, 0.29) is 30.0 Å². The number of hydrogen-bond donors (Lipinski definition) is 1. The van der Waals surface area contributed by atoms with Gasteiger partial charge in [0, 0.05) is 18.2 Å². The summed E-state index contributed by atoms with van der Waals surface area (Å²) in [6, 6.07) is 14.8. The molecule has 184 valence electrons. The second-order valence-electron chi connectivity index (χ2n) is 8.54. The molecule has 8 nitrogen and oxygen atoms in total. The van der Waals surface area contributed by atoms with Crippen molar-refractivity contribution < 1.29 is 22.8 Å². The third-order valence-electron chi connectivity index (χ3n) is 5.30. The summed E-state index contributed by atoms with van der Waals surface area (Å²) in [6.07, 6.45) is 1.51. The monoisotopic (exact) mass is 487 g/mol. The number of anilines is 1. The van der Waals surface area contributed by atoms with Crippen molar-refractivity contribution in [1.82, 2.24) is 10.2 Å². The van der Waals surface area contributed by atoms with Crippen LogP contribution in [0.4, 0.5) is 5.69 Å². The van der Waals surface area contributed by atoms with Crippen molar-refractivity contribution in [3.63, 3.8) is 0 Å². The van der Waals surface area contributed by atoms with Crippen LogP contribution in [0.2, 0.25) is 0 Å². The fourth-order valence-corrected chi connectivity index (χ4v) is 4.31. The van der Waals surface area contributed by atoms with Crippen molar-refractivity contribution in [3.05, 3.63) is 65.7 Å². The molecule has 0 unspecified atom stereocenters. The van der Waals surface area contributed by atoms with Crippen molar-refractivity contribution in [1.29, 1.82) is 0 Å². The summed E-state index contributed by atoms with van der Waals surface area (Å²) in [7, 11) is -3.85. The summed E-state index contributed by atoms with van der Waals surface area (Å²) in [5, 5.41) is 2.81. The standard InChI is InChI=1S/C25H33N3O5S/c1-18(2)26-25(31)19(3)27(15-14-21-10-7-6-8-11-21)24(30)17-28(34(5,32)33)23-13-9-12-22(16-23)20(4)29/h6-13,16,18-19H,14-15,17H2,1-5H3,(H,26,31)/t19-/m1/s1. The third-order valence-corrected chi connectivity index (χ3v) is 6.44. The van der Waals surface area contributed by atoms with Crippen LogP contribution in [0.5, 0.6) is 0 Å². The molecule has 34 heavy (non-hydrogen) atoms. The van der Waals surface area contributed by atoms with E-state index in [0.717, 1.165) is 16.1 Å². The average molecular weight is 488 g/mol. The van der Waals surface area contributed by atoms with E-state index in [2.05, 4.69) is 5.32 Å².